The number of likely N-dealkylation sites (tertiary alicyclic amines) is 1. The number of nitrogens with zero attached hydrogens (tertiary/aromatic N) is 2. The van der Waals surface area contributed by atoms with E-state index in [9.17, 15) is 24.6 Å². The number of carbonyl (C=O) groups is 2. The predicted octanol–water partition coefficient (Wildman–Crippen LogP) is 2.24. The molecule has 1 saturated heterocycles. The molecule has 220 valence electrons. The molecule has 2 amide bonds. The number of aromatic hydroxyl groups is 1. The zero-order chi connectivity index (χ0) is 29.4. The number of rotatable bonds is 8. The highest BCUT2D eigenvalue weighted by Crippen LogP contribution is 2.62. The van der Waals surface area contributed by atoms with Crippen molar-refractivity contribution in [3.8, 4) is 5.75 Å². The fraction of sp³-hybridized carbons (Fsp3) is 0.594. The van der Waals surface area contributed by atoms with Crippen molar-refractivity contribution in [1.29, 1.82) is 0 Å². The molecular weight excluding hydrogens is 520 g/mol. The molecule has 6 rings (SSSR count). The molecule has 2 heterocycles. The number of nitrogens with two attached hydrogens (primary N) is 1. The van der Waals surface area contributed by atoms with E-state index in [1.54, 1.807) is 18.2 Å². The third-order valence-electron chi connectivity index (χ3n) is 10.4. The fourth-order valence-electron chi connectivity index (χ4n) is 8.25. The molecule has 9 nitrogen and oxygen atoms in total. The Hall–Kier alpha value is -3.17. The summed E-state index contributed by atoms with van der Waals surface area (Å²) in [6.07, 6.45) is 4.31. The number of aryl methyl sites for hydroxylation is 1. The highest BCUT2D eigenvalue weighted by molar-refractivity contribution is 5.97. The van der Waals surface area contributed by atoms with Gasteiger partial charge in [0.25, 0.3) is 11.5 Å². The maximum absolute atomic E-state index is 13.6. The Bertz CT molecular complexity index is 1460. The van der Waals surface area contributed by atoms with Crippen molar-refractivity contribution in [2.75, 3.05) is 20.1 Å². The Kier molecular flexibility index (Phi) is 6.62. The van der Waals surface area contributed by atoms with Crippen LogP contribution in [-0.2, 0) is 23.1 Å². The second kappa shape index (κ2) is 9.70. The zero-order valence-electron chi connectivity index (χ0n) is 24.4. The molecule has 1 aliphatic heterocycles. The monoisotopic (exact) mass is 562 g/mol. The first-order chi connectivity index (χ1) is 19.3. The van der Waals surface area contributed by atoms with Crippen LogP contribution >= 0.6 is 0 Å². The summed E-state index contributed by atoms with van der Waals surface area (Å²) in [5, 5.41) is 23.4. The molecule has 3 aliphatic carbocycles. The first-order valence-corrected chi connectivity index (χ1v) is 14.9. The lowest BCUT2D eigenvalue weighted by molar-refractivity contribution is -0.122. The van der Waals surface area contributed by atoms with Gasteiger partial charge in [-0.15, -0.1) is 0 Å². The van der Waals surface area contributed by atoms with Crippen molar-refractivity contribution in [1.82, 2.24) is 14.8 Å². The lowest BCUT2D eigenvalue weighted by atomic mass is 9.59. The Morgan fingerprint density at radius 1 is 1.22 bits per heavy atom. The molecule has 1 aromatic heterocycles. The number of pyridine rings is 1. The molecule has 0 bridgehead atoms. The van der Waals surface area contributed by atoms with Crippen molar-refractivity contribution in [3.63, 3.8) is 0 Å². The van der Waals surface area contributed by atoms with E-state index in [0.29, 0.717) is 30.4 Å². The molecular formula is C32H42N4O5. The largest absolute Gasteiger partial charge is 0.508 e. The third-order valence-corrected chi connectivity index (χ3v) is 10.4. The third kappa shape index (κ3) is 4.39. The highest BCUT2D eigenvalue weighted by Gasteiger charge is 2.70. The number of aliphatic hydroxyl groups is 1. The molecule has 5 atom stereocenters. The van der Waals surface area contributed by atoms with Crippen LogP contribution in [0.2, 0.25) is 0 Å². The minimum absolute atomic E-state index is 0.0305. The lowest BCUT2D eigenvalue weighted by Gasteiger charge is -2.55. The van der Waals surface area contributed by atoms with Crippen LogP contribution in [0.25, 0.3) is 0 Å². The normalized spacial score (nSPS) is 29.3. The number of fused-ring (bicyclic) bond motifs is 4. The number of hydrogen-bond acceptors (Lipinski definition) is 6. The summed E-state index contributed by atoms with van der Waals surface area (Å²) >= 11 is 0. The van der Waals surface area contributed by atoms with Crippen molar-refractivity contribution in [3.05, 3.63) is 62.6 Å². The molecule has 3 fully saturated rings. The van der Waals surface area contributed by atoms with E-state index in [1.165, 1.54) is 24.8 Å². The van der Waals surface area contributed by atoms with Crippen molar-refractivity contribution < 1.29 is 19.8 Å². The van der Waals surface area contributed by atoms with Gasteiger partial charge in [0, 0.05) is 50.1 Å². The van der Waals surface area contributed by atoms with Gasteiger partial charge in [0.1, 0.15) is 17.4 Å². The Labute approximate surface area is 240 Å². The number of phenols is 1. The molecule has 5 unspecified atom stereocenters. The van der Waals surface area contributed by atoms with Crippen LogP contribution in [0.1, 0.15) is 72.3 Å². The number of aromatic amines is 1. The van der Waals surface area contributed by atoms with Gasteiger partial charge < -0.3 is 25.8 Å². The number of nitrogens with one attached hydrogen (secondary N) is 1. The van der Waals surface area contributed by atoms with Crippen LogP contribution in [0, 0.1) is 24.7 Å². The fourth-order valence-corrected chi connectivity index (χ4v) is 8.25. The number of carbonyl (C=O) groups excluding carboxylic acids is 2. The average molecular weight is 563 g/mol. The smallest absolute Gasteiger partial charge is 0.261 e. The predicted molar refractivity (Wildman–Crippen MR) is 155 cm³/mol. The molecule has 5 N–H and O–H groups in total. The quantitative estimate of drug-likeness (QED) is 0.389. The summed E-state index contributed by atoms with van der Waals surface area (Å²) in [6, 6.07) is 6.11. The standard InChI is InChI=1S/C32H42N4O5/c1-17(2)9-26(28(33)38)35(4)30(40)23-10-20-13-32(41)27-21(16-36(27)15-19-6-7-19)12-31(32,14-25(20)34-29(23)39)24-11-22(37)8-5-18(24)3/h5,8,10-11,17,19,21,26-27,37,41H,6-7,9,12-16H2,1-4H3,(H2,33,38)(H,34,39). The summed E-state index contributed by atoms with van der Waals surface area (Å²) in [4.78, 5) is 45.8. The van der Waals surface area contributed by atoms with Crippen LogP contribution in [0.3, 0.4) is 0 Å². The lowest BCUT2D eigenvalue weighted by Crippen LogP contribution is -2.68. The Morgan fingerprint density at radius 2 is 1.95 bits per heavy atom. The second-order valence-electron chi connectivity index (χ2n) is 13.6. The van der Waals surface area contributed by atoms with E-state index >= 15 is 0 Å². The maximum atomic E-state index is 13.6. The molecule has 2 saturated carbocycles. The molecule has 2 aromatic rings. The van der Waals surface area contributed by atoms with Gasteiger partial charge in [0.15, 0.2) is 0 Å². The van der Waals surface area contributed by atoms with Gasteiger partial charge >= 0.3 is 0 Å². The van der Waals surface area contributed by atoms with Crippen molar-refractivity contribution >= 4 is 11.8 Å². The Morgan fingerprint density at radius 3 is 2.61 bits per heavy atom. The van der Waals surface area contributed by atoms with E-state index in [2.05, 4.69) is 9.88 Å². The number of primary amides is 1. The van der Waals surface area contributed by atoms with E-state index in [0.717, 1.165) is 36.2 Å². The van der Waals surface area contributed by atoms with Gasteiger partial charge in [0.2, 0.25) is 5.91 Å². The molecule has 41 heavy (non-hydrogen) atoms. The van der Waals surface area contributed by atoms with E-state index in [1.807, 2.05) is 26.8 Å². The van der Waals surface area contributed by atoms with Crippen LogP contribution in [-0.4, -0.2) is 74.6 Å². The first-order valence-electron chi connectivity index (χ1n) is 14.9. The van der Waals surface area contributed by atoms with E-state index in [-0.39, 0.29) is 29.7 Å². The van der Waals surface area contributed by atoms with Gasteiger partial charge in [0.05, 0.1) is 5.60 Å². The van der Waals surface area contributed by atoms with E-state index < -0.39 is 34.4 Å². The number of phenolic OH excluding ortho intramolecular Hbond substituents is 1. The van der Waals surface area contributed by atoms with Crippen LogP contribution < -0.4 is 11.3 Å². The summed E-state index contributed by atoms with van der Waals surface area (Å²) in [6.45, 7) is 7.82. The summed E-state index contributed by atoms with van der Waals surface area (Å²) in [7, 11) is 1.51. The van der Waals surface area contributed by atoms with Gasteiger partial charge in [-0.2, -0.15) is 0 Å². The second-order valence-corrected chi connectivity index (χ2v) is 13.6. The Balaban J connectivity index is 1.42. The topological polar surface area (TPSA) is 140 Å². The maximum Gasteiger partial charge on any atom is 0.261 e. The molecule has 0 radical (unpaired) electrons. The summed E-state index contributed by atoms with van der Waals surface area (Å²) in [5.41, 5.74) is 6.61. The first kappa shape index (κ1) is 28.0. The van der Waals surface area contributed by atoms with Crippen molar-refractivity contribution in [2.45, 2.75) is 82.4 Å². The number of H-pyrrole nitrogens is 1. The van der Waals surface area contributed by atoms with E-state index in [4.69, 9.17) is 5.73 Å². The number of hydrogen-bond donors (Lipinski definition) is 4. The summed E-state index contributed by atoms with van der Waals surface area (Å²) in [5.74, 6) is 0.111. The van der Waals surface area contributed by atoms with Crippen LogP contribution in [0.4, 0.5) is 0 Å². The van der Waals surface area contributed by atoms with Gasteiger partial charge in [-0.05, 0) is 85.3 Å². The van der Waals surface area contributed by atoms with Crippen LogP contribution in [0.5, 0.6) is 5.75 Å². The van der Waals surface area contributed by atoms with Gasteiger partial charge in [-0.25, -0.2) is 0 Å². The van der Waals surface area contributed by atoms with Crippen molar-refractivity contribution in [2.24, 2.45) is 23.5 Å². The molecule has 1 aromatic carbocycles. The molecule has 9 heteroatoms. The minimum Gasteiger partial charge on any atom is -0.508 e. The molecule has 0 spiro atoms. The van der Waals surface area contributed by atoms with Gasteiger partial charge in [-0.3, -0.25) is 19.3 Å². The summed E-state index contributed by atoms with van der Waals surface area (Å²) < 4.78 is 0. The number of benzene rings is 1. The number of likely N-dealkylation sites (N-methyl/N-ethyl adjacent to an activating group) is 1. The number of amides is 2. The minimum atomic E-state index is -1.14. The van der Waals surface area contributed by atoms with Gasteiger partial charge in [-0.1, -0.05) is 19.9 Å². The average Bonchev–Trinajstić information content (AvgIpc) is 3.68. The highest BCUT2D eigenvalue weighted by atomic mass is 16.3. The van der Waals surface area contributed by atoms with Crippen LogP contribution in [0.15, 0.2) is 29.1 Å². The zero-order valence-corrected chi connectivity index (χ0v) is 24.4. The SMILES string of the molecule is Cc1ccc(O)cc1C12Cc3[nH]c(=O)c(C(=O)N(C)C(CC(C)C)C(N)=O)cc3CC1(O)C1C(CN1CC1CC1)C2. The number of aromatic nitrogens is 1. The molecule has 4 aliphatic rings.